The predicted molar refractivity (Wildman–Crippen MR) is 100 cm³/mol. The van der Waals surface area contributed by atoms with Crippen LogP contribution in [0.5, 0.6) is 0 Å². The van der Waals surface area contributed by atoms with Gasteiger partial charge in [0.05, 0.1) is 5.60 Å². The van der Waals surface area contributed by atoms with Gasteiger partial charge in [0.15, 0.2) is 0 Å². The second-order valence-electron chi connectivity index (χ2n) is 8.26. The predicted octanol–water partition coefficient (Wildman–Crippen LogP) is 2.81. The Bertz CT molecular complexity index is 434. The first-order valence-electron chi connectivity index (χ1n) is 10.4. The summed E-state index contributed by atoms with van der Waals surface area (Å²) >= 11 is 0. The smallest absolute Gasteiger partial charge is 0.317 e. The van der Waals surface area contributed by atoms with E-state index in [-0.39, 0.29) is 11.6 Å². The molecule has 2 heterocycles. The second-order valence-corrected chi connectivity index (χ2v) is 8.26. The Morgan fingerprint density at radius 1 is 1.19 bits per heavy atom. The highest BCUT2D eigenvalue weighted by atomic mass is 16.5. The number of carbonyl (C=O) groups is 1. The summed E-state index contributed by atoms with van der Waals surface area (Å²) in [5.41, 5.74) is -0.00770. The number of hydrogen-bond acceptors (Lipinski definition) is 4. The normalized spacial score (nSPS) is 25.4. The van der Waals surface area contributed by atoms with Crippen LogP contribution in [0.3, 0.4) is 0 Å². The molecule has 6 heteroatoms. The molecule has 0 aromatic rings. The van der Waals surface area contributed by atoms with E-state index in [2.05, 4.69) is 5.32 Å². The van der Waals surface area contributed by atoms with Gasteiger partial charge in [-0.25, -0.2) is 4.79 Å². The van der Waals surface area contributed by atoms with Crippen LogP contribution in [0, 0.1) is 11.8 Å². The van der Waals surface area contributed by atoms with E-state index in [1.54, 1.807) is 7.11 Å². The number of ether oxygens (including phenoxy) is 3. The lowest BCUT2D eigenvalue weighted by Gasteiger charge is -2.46. The summed E-state index contributed by atoms with van der Waals surface area (Å²) in [4.78, 5) is 14.2. The number of urea groups is 1. The first-order valence-corrected chi connectivity index (χ1v) is 10.4. The number of nitrogens with zero attached hydrogens (tertiary/aromatic N) is 1. The maximum atomic E-state index is 12.2. The number of rotatable bonds is 9. The maximum absolute atomic E-state index is 12.2. The number of likely N-dealkylation sites (tertiary alicyclic amines) is 1. The highest BCUT2D eigenvalue weighted by Crippen LogP contribution is 2.39. The summed E-state index contributed by atoms with van der Waals surface area (Å²) in [7, 11) is 1.68. The molecule has 1 unspecified atom stereocenters. The van der Waals surface area contributed by atoms with Crippen LogP contribution < -0.4 is 5.32 Å². The van der Waals surface area contributed by atoms with Crippen LogP contribution in [0.4, 0.5) is 4.79 Å². The molecule has 3 rings (SSSR count). The van der Waals surface area contributed by atoms with Crippen LogP contribution in [0.25, 0.3) is 0 Å². The van der Waals surface area contributed by atoms with Gasteiger partial charge in [0.25, 0.3) is 0 Å². The third-order valence-corrected chi connectivity index (χ3v) is 6.08. The van der Waals surface area contributed by atoms with Crippen molar-refractivity contribution in [2.45, 2.75) is 57.0 Å². The number of hydrogen-bond donors (Lipinski definition) is 1. The summed E-state index contributed by atoms with van der Waals surface area (Å²) in [5, 5.41) is 2.99. The fraction of sp³-hybridized carbons (Fsp3) is 0.950. The molecule has 1 aliphatic carbocycles. The van der Waals surface area contributed by atoms with Gasteiger partial charge in [0, 0.05) is 53.2 Å². The molecule has 1 spiro atoms. The summed E-state index contributed by atoms with van der Waals surface area (Å²) in [5.74, 6) is 1.55. The molecule has 26 heavy (non-hydrogen) atoms. The van der Waals surface area contributed by atoms with Crippen LogP contribution in [0.15, 0.2) is 0 Å². The molecule has 2 aliphatic heterocycles. The van der Waals surface area contributed by atoms with E-state index in [1.165, 1.54) is 12.8 Å². The van der Waals surface area contributed by atoms with Crippen molar-refractivity contribution < 1.29 is 19.0 Å². The van der Waals surface area contributed by atoms with Crippen LogP contribution in [0.2, 0.25) is 0 Å². The lowest BCUT2D eigenvalue weighted by molar-refractivity contribution is -0.125. The van der Waals surface area contributed by atoms with Crippen molar-refractivity contribution >= 4 is 6.03 Å². The zero-order valence-corrected chi connectivity index (χ0v) is 16.3. The number of nitrogens with one attached hydrogen (secondary N) is 1. The van der Waals surface area contributed by atoms with E-state index < -0.39 is 0 Å². The Hall–Kier alpha value is -0.850. The highest BCUT2D eigenvalue weighted by Gasteiger charge is 2.41. The Morgan fingerprint density at radius 3 is 2.73 bits per heavy atom. The first-order chi connectivity index (χ1) is 12.7. The Balaban J connectivity index is 1.34. The van der Waals surface area contributed by atoms with E-state index in [9.17, 15) is 4.79 Å². The van der Waals surface area contributed by atoms with Crippen molar-refractivity contribution in [3.63, 3.8) is 0 Å². The van der Waals surface area contributed by atoms with E-state index in [4.69, 9.17) is 14.2 Å². The molecule has 1 atom stereocenters. The minimum atomic E-state index is -0.00770. The standard InChI is InChI=1S/C20H36N2O4/c1-24-12-2-9-21-19(23)22-10-7-20(8-11-22)15-17(6-14-26-20)5-13-25-16-18-3-4-18/h17-18H,2-16H2,1H3,(H,21,23). The lowest BCUT2D eigenvalue weighted by atomic mass is 9.78. The molecule has 0 aromatic heterocycles. The van der Waals surface area contributed by atoms with Gasteiger partial charge >= 0.3 is 6.03 Å². The third kappa shape index (κ3) is 6.10. The van der Waals surface area contributed by atoms with Gasteiger partial charge in [-0.2, -0.15) is 0 Å². The molecule has 2 amide bonds. The zero-order chi connectivity index (χ0) is 18.2. The largest absolute Gasteiger partial charge is 0.385 e. The molecule has 2 saturated heterocycles. The van der Waals surface area contributed by atoms with Crippen molar-refractivity contribution in [3.8, 4) is 0 Å². The van der Waals surface area contributed by atoms with E-state index in [0.717, 1.165) is 77.4 Å². The van der Waals surface area contributed by atoms with Crippen LogP contribution in [-0.2, 0) is 14.2 Å². The van der Waals surface area contributed by atoms with Gasteiger partial charge in [-0.1, -0.05) is 0 Å². The summed E-state index contributed by atoms with van der Waals surface area (Å²) in [6.45, 7) is 5.66. The first kappa shape index (κ1) is 19.9. The van der Waals surface area contributed by atoms with Crippen LogP contribution in [0.1, 0.15) is 51.4 Å². The van der Waals surface area contributed by atoms with Gasteiger partial charge < -0.3 is 24.4 Å². The molecule has 3 fully saturated rings. The summed E-state index contributed by atoms with van der Waals surface area (Å²) in [6.07, 6.45) is 8.92. The number of amides is 2. The van der Waals surface area contributed by atoms with Crippen molar-refractivity contribution in [2.24, 2.45) is 11.8 Å². The molecule has 0 aromatic carbocycles. The molecule has 3 aliphatic rings. The van der Waals surface area contributed by atoms with Crippen molar-refractivity contribution in [2.75, 3.05) is 53.2 Å². The van der Waals surface area contributed by atoms with Crippen LogP contribution in [-0.4, -0.2) is 69.7 Å². The average molecular weight is 369 g/mol. The molecule has 6 nitrogen and oxygen atoms in total. The van der Waals surface area contributed by atoms with E-state index in [1.807, 2.05) is 4.90 Å². The average Bonchev–Trinajstić information content (AvgIpc) is 3.47. The van der Waals surface area contributed by atoms with Gasteiger partial charge in [-0.15, -0.1) is 0 Å². The van der Waals surface area contributed by atoms with Crippen molar-refractivity contribution in [3.05, 3.63) is 0 Å². The fourth-order valence-electron chi connectivity index (χ4n) is 4.15. The Morgan fingerprint density at radius 2 is 2.00 bits per heavy atom. The Labute approximate surface area is 157 Å². The summed E-state index contributed by atoms with van der Waals surface area (Å²) < 4.78 is 17.1. The monoisotopic (exact) mass is 368 g/mol. The SMILES string of the molecule is COCCCNC(=O)N1CCC2(CC1)CC(CCOCC1CC1)CCO2. The van der Waals surface area contributed by atoms with Gasteiger partial charge in [-0.3, -0.25) is 0 Å². The minimum Gasteiger partial charge on any atom is -0.385 e. The van der Waals surface area contributed by atoms with Crippen molar-refractivity contribution in [1.82, 2.24) is 10.2 Å². The molecular weight excluding hydrogens is 332 g/mol. The molecule has 1 saturated carbocycles. The van der Waals surface area contributed by atoms with Gasteiger partial charge in [-0.05, 0) is 63.2 Å². The molecule has 0 bridgehead atoms. The van der Waals surface area contributed by atoms with Gasteiger partial charge in [0.2, 0.25) is 0 Å². The quantitative estimate of drug-likeness (QED) is 0.636. The lowest BCUT2D eigenvalue weighted by Crippen LogP contribution is -2.53. The Kier molecular flexibility index (Phi) is 7.58. The highest BCUT2D eigenvalue weighted by molar-refractivity contribution is 5.74. The topological polar surface area (TPSA) is 60.0 Å². The fourth-order valence-corrected chi connectivity index (χ4v) is 4.15. The minimum absolute atomic E-state index is 0.00770. The number of methoxy groups -OCH3 is 1. The van der Waals surface area contributed by atoms with Crippen molar-refractivity contribution in [1.29, 1.82) is 0 Å². The zero-order valence-electron chi connectivity index (χ0n) is 16.3. The molecule has 150 valence electrons. The van der Waals surface area contributed by atoms with Gasteiger partial charge in [0.1, 0.15) is 0 Å². The summed E-state index contributed by atoms with van der Waals surface area (Å²) in [6, 6.07) is 0.0526. The third-order valence-electron chi connectivity index (χ3n) is 6.08. The van der Waals surface area contributed by atoms with E-state index >= 15 is 0 Å². The number of carbonyl (C=O) groups excluding carboxylic acids is 1. The maximum Gasteiger partial charge on any atom is 0.317 e. The molecular formula is C20H36N2O4. The molecule has 1 N–H and O–H groups in total. The molecule has 0 radical (unpaired) electrons. The van der Waals surface area contributed by atoms with E-state index in [0.29, 0.717) is 19.1 Å². The van der Waals surface area contributed by atoms with Crippen LogP contribution >= 0.6 is 0 Å². The number of piperidine rings is 1. The second kappa shape index (κ2) is 9.90.